The minimum atomic E-state index is -0.509. The molecule has 1 atom stereocenters. The molecule has 6 nitrogen and oxygen atoms in total. The van der Waals surface area contributed by atoms with Gasteiger partial charge in [-0.2, -0.15) is 0 Å². The van der Waals surface area contributed by atoms with E-state index in [0.717, 1.165) is 31.6 Å². The molecule has 0 bridgehead atoms. The molecule has 1 aliphatic rings. The Labute approximate surface area is 123 Å². The molecule has 1 saturated heterocycles. The molecule has 1 aromatic carbocycles. The van der Waals surface area contributed by atoms with E-state index in [0.29, 0.717) is 6.54 Å². The molecule has 0 amide bonds. The maximum absolute atomic E-state index is 11.4. The Kier molecular flexibility index (Phi) is 4.90. The van der Waals surface area contributed by atoms with Crippen LogP contribution in [0.1, 0.15) is 36.5 Å². The average molecular weight is 292 g/mol. The van der Waals surface area contributed by atoms with Crippen molar-refractivity contribution in [3.8, 4) is 0 Å². The lowest BCUT2D eigenvalue weighted by atomic mass is 10.1. The van der Waals surface area contributed by atoms with Crippen molar-refractivity contribution >= 4 is 17.2 Å². The van der Waals surface area contributed by atoms with E-state index in [1.165, 1.54) is 19.1 Å². The van der Waals surface area contributed by atoms with Crippen molar-refractivity contribution < 1.29 is 14.5 Å². The normalized spacial score (nSPS) is 18.3. The lowest BCUT2D eigenvalue weighted by molar-refractivity contribution is -0.385. The highest BCUT2D eigenvalue weighted by Crippen LogP contribution is 2.26. The first kappa shape index (κ1) is 15.4. The molecule has 1 heterocycles. The van der Waals surface area contributed by atoms with Crippen LogP contribution >= 0.6 is 0 Å². The second kappa shape index (κ2) is 6.67. The maximum Gasteiger partial charge on any atom is 0.282 e. The quantitative estimate of drug-likeness (QED) is 0.474. The van der Waals surface area contributed by atoms with Crippen LogP contribution in [0, 0.1) is 10.1 Å². The summed E-state index contributed by atoms with van der Waals surface area (Å²) in [6, 6.07) is 4.72. The SMILES string of the molecule is CC(=O)c1ccc(N(C)CC2CCCCO2)cc1[N+](=O)[O-]. The van der Waals surface area contributed by atoms with Gasteiger partial charge in [0.15, 0.2) is 5.78 Å². The molecule has 114 valence electrons. The first-order valence-corrected chi connectivity index (χ1v) is 7.11. The third kappa shape index (κ3) is 3.78. The minimum Gasteiger partial charge on any atom is -0.376 e. The minimum absolute atomic E-state index is 0.142. The van der Waals surface area contributed by atoms with Gasteiger partial charge >= 0.3 is 0 Å². The number of benzene rings is 1. The standard InChI is InChI=1S/C15H20N2O4/c1-11(18)14-7-6-12(9-15(14)17(19)20)16(2)10-13-5-3-4-8-21-13/h6-7,9,13H,3-5,8,10H2,1-2H3. The van der Waals surface area contributed by atoms with Gasteiger partial charge in [-0.3, -0.25) is 14.9 Å². The zero-order valence-corrected chi connectivity index (χ0v) is 12.4. The Bertz CT molecular complexity index is 538. The van der Waals surface area contributed by atoms with Crippen molar-refractivity contribution in [3.63, 3.8) is 0 Å². The molecule has 0 N–H and O–H groups in total. The summed E-state index contributed by atoms with van der Waals surface area (Å²) in [7, 11) is 1.88. The third-order valence-corrected chi connectivity index (χ3v) is 3.75. The number of hydrogen-bond donors (Lipinski definition) is 0. The van der Waals surface area contributed by atoms with Crippen LogP contribution in [-0.2, 0) is 4.74 Å². The molecule has 2 rings (SSSR count). The van der Waals surface area contributed by atoms with Crippen LogP contribution in [0.2, 0.25) is 0 Å². The number of nitrogens with zero attached hydrogens (tertiary/aromatic N) is 2. The smallest absolute Gasteiger partial charge is 0.282 e. The molecule has 6 heteroatoms. The van der Waals surface area contributed by atoms with Gasteiger partial charge in [0.2, 0.25) is 0 Å². The fraction of sp³-hybridized carbons (Fsp3) is 0.533. The summed E-state index contributed by atoms with van der Waals surface area (Å²) in [5.74, 6) is -0.300. The molecule has 1 fully saturated rings. The summed E-state index contributed by atoms with van der Waals surface area (Å²) >= 11 is 0. The Morgan fingerprint density at radius 2 is 2.24 bits per heavy atom. The molecular formula is C15H20N2O4. The molecule has 0 aliphatic carbocycles. The third-order valence-electron chi connectivity index (χ3n) is 3.75. The number of Topliss-reactive ketones (excluding diaryl/α,β-unsaturated/α-hetero) is 1. The van der Waals surface area contributed by atoms with Crippen molar-refractivity contribution in [3.05, 3.63) is 33.9 Å². The van der Waals surface area contributed by atoms with Crippen molar-refractivity contribution in [1.82, 2.24) is 0 Å². The summed E-state index contributed by atoms with van der Waals surface area (Å²) in [6.45, 7) is 2.81. The number of nitro groups is 1. The molecule has 1 unspecified atom stereocenters. The van der Waals surface area contributed by atoms with E-state index in [1.54, 1.807) is 6.07 Å². The Hall–Kier alpha value is -1.95. The topological polar surface area (TPSA) is 72.7 Å². The predicted octanol–water partition coefficient (Wildman–Crippen LogP) is 2.80. The van der Waals surface area contributed by atoms with Crippen LogP contribution in [0.25, 0.3) is 0 Å². The van der Waals surface area contributed by atoms with Gasteiger partial charge in [-0.15, -0.1) is 0 Å². The monoisotopic (exact) mass is 292 g/mol. The lowest BCUT2D eigenvalue weighted by Crippen LogP contribution is -2.33. The van der Waals surface area contributed by atoms with Gasteiger partial charge in [0.25, 0.3) is 5.69 Å². The van der Waals surface area contributed by atoms with E-state index in [9.17, 15) is 14.9 Å². The molecule has 1 aliphatic heterocycles. The highest BCUT2D eigenvalue weighted by molar-refractivity contribution is 5.98. The van der Waals surface area contributed by atoms with Crippen LogP contribution in [0.15, 0.2) is 18.2 Å². The first-order chi connectivity index (χ1) is 9.99. The number of ether oxygens (including phenoxy) is 1. The van der Waals surface area contributed by atoms with Crippen LogP contribution in [-0.4, -0.2) is 37.0 Å². The second-order valence-electron chi connectivity index (χ2n) is 5.38. The van der Waals surface area contributed by atoms with E-state index in [4.69, 9.17) is 4.74 Å². The van der Waals surface area contributed by atoms with E-state index < -0.39 is 4.92 Å². The van der Waals surface area contributed by atoms with Crippen LogP contribution in [0.5, 0.6) is 0 Å². The highest BCUT2D eigenvalue weighted by atomic mass is 16.6. The van der Waals surface area contributed by atoms with E-state index >= 15 is 0 Å². The Morgan fingerprint density at radius 1 is 1.48 bits per heavy atom. The number of carbonyl (C=O) groups excluding carboxylic acids is 1. The molecule has 0 radical (unpaired) electrons. The highest BCUT2D eigenvalue weighted by Gasteiger charge is 2.21. The number of nitro benzene ring substituents is 1. The average Bonchev–Trinajstić information content (AvgIpc) is 2.47. The Morgan fingerprint density at radius 3 is 2.81 bits per heavy atom. The van der Waals surface area contributed by atoms with E-state index in [1.807, 2.05) is 11.9 Å². The fourth-order valence-corrected chi connectivity index (χ4v) is 2.57. The molecule has 0 spiro atoms. The first-order valence-electron chi connectivity index (χ1n) is 7.11. The summed E-state index contributed by atoms with van der Waals surface area (Å²) in [5.41, 5.74) is 0.725. The van der Waals surface area contributed by atoms with Crippen molar-refractivity contribution in [1.29, 1.82) is 0 Å². The van der Waals surface area contributed by atoms with Crippen molar-refractivity contribution in [2.24, 2.45) is 0 Å². The maximum atomic E-state index is 11.4. The number of ketones is 1. The second-order valence-corrected chi connectivity index (χ2v) is 5.38. The summed E-state index contributed by atoms with van der Waals surface area (Å²) < 4.78 is 5.68. The van der Waals surface area contributed by atoms with Gasteiger partial charge in [0.1, 0.15) is 0 Å². The van der Waals surface area contributed by atoms with E-state index in [-0.39, 0.29) is 23.1 Å². The summed E-state index contributed by atoms with van der Waals surface area (Å²) in [5, 5.41) is 11.1. The molecule has 1 aromatic rings. The largest absolute Gasteiger partial charge is 0.376 e. The van der Waals surface area contributed by atoms with Gasteiger partial charge in [0, 0.05) is 32.0 Å². The number of likely N-dealkylation sites (N-methyl/N-ethyl adjacent to an activating group) is 1. The summed E-state index contributed by atoms with van der Waals surface area (Å²) in [4.78, 5) is 24.0. The number of hydrogen-bond acceptors (Lipinski definition) is 5. The van der Waals surface area contributed by atoms with Crippen LogP contribution in [0.3, 0.4) is 0 Å². The number of rotatable bonds is 5. The molecule has 0 aromatic heterocycles. The predicted molar refractivity (Wildman–Crippen MR) is 80.0 cm³/mol. The van der Waals surface area contributed by atoms with Crippen LogP contribution < -0.4 is 4.90 Å². The number of carbonyl (C=O) groups is 1. The van der Waals surface area contributed by atoms with Gasteiger partial charge in [-0.05, 0) is 38.3 Å². The van der Waals surface area contributed by atoms with Gasteiger partial charge in [-0.25, -0.2) is 0 Å². The number of anilines is 1. The zero-order chi connectivity index (χ0) is 15.4. The van der Waals surface area contributed by atoms with Crippen LogP contribution in [0.4, 0.5) is 11.4 Å². The zero-order valence-electron chi connectivity index (χ0n) is 12.4. The molecular weight excluding hydrogens is 272 g/mol. The molecule has 0 saturated carbocycles. The van der Waals surface area contributed by atoms with Gasteiger partial charge < -0.3 is 9.64 Å². The molecule has 21 heavy (non-hydrogen) atoms. The van der Waals surface area contributed by atoms with Gasteiger partial charge in [-0.1, -0.05) is 0 Å². The fourth-order valence-electron chi connectivity index (χ4n) is 2.57. The van der Waals surface area contributed by atoms with Crippen molar-refractivity contribution in [2.45, 2.75) is 32.3 Å². The Balaban J connectivity index is 2.17. The lowest BCUT2D eigenvalue weighted by Gasteiger charge is -2.28. The van der Waals surface area contributed by atoms with Crippen molar-refractivity contribution in [2.75, 3.05) is 25.1 Å². The van der Waals surface area contributed by atoms with Gasteiger partial charge in [0.05, 0.1) is 16.6 Å². The van der Waals surface area contributed by atoms with E-state index in [2.05, 4.69) is 0 Å². The summed E-state index contributed by atoms with van der Waals surface area (Å²) in [6.07, 6.45) is 3.43.